The molecule has 6 nitrogen and oxygen atoms in total. The van der Waals surface area contributed by atoms with Gasteiger partial charge in [-0.3, -0.25) is 14.5 Å². The van der Waals surface area contributed by atoms with Crippen molar-refractivity contribution in [3.05, 3.63) is 24.2 Å². The Labute approximate surface area is 125 Å². The van der Waals surface area contributed by atoms with E-state index >= 15 is 0 Å². The lowest BCUT2D eigenvalue weighted by Gasteiger charge is -2.37. The maximum Gasteiger partial charge on any atom is 0.289 e. The van der Waals surface area contributed by atoms with Crippen LogP contribution in [0, 0.1) is 0 Å². The molecule has 2 rings (SSSR count). The van der Waals surface area contributed by atoms with Gasteiger partial charge < -0.3 is 14.6 Å². The first-order valence-electron chi connectivity index (χ1n) is 7.36. The first kappa shape index (κ1) is 15.6. The standard InChI is InChI=1S/C15H23N3O3/c1-11(2)16-14(19)12(3)17-6-8-18(9-7-17)15(20)13-5-4-10-21-13/h4-5,10-12H,6-9H2,1-3H3,(H,16,19)/t12-/m0/s1. The summed E-state index contributed by atoms with van der Waals surface area (Å²) in [5.41, 5.74) is 0. The SMILES string of the molecule is CC(C)NC(=O)[C@H](C)N1CCN(C(=O)c2ccco2)CC1. The molecule has 0 unspecified atom stereocenters. The fourth-order valence-electron chi connectivity index (χ4n) is 2.44. The van der Waals surface area contributed by atoms with Crippen molar-refractivity contribution in [3.63, 3.8) is 0 Å². The molecule has 1 fully saturated rings. The molecule has 0 aromatic carbocycles. The Morgan fingerprint density at radius 2 is 1.86 bits per heavy atom. The first-order chi connectivity index (χ1) is 9.99. The van der Waals surface area contributed by atoms with Crippen LogP contribution in [-0.4, -0.2) is 59.9 Å². The van der Waals surface area contributed by atoms with E-state index in [0.717, 1.165) is 0 Å². The third-order valence-electron chi connectivity index (χ3n) is 3.69. The largest absolute Gasteiger partial charge is 0.459 e. The number of carbonyl (C=O) groups excluding carboxylic acids is 2. The molecule has 0 aliphatic carbocycles. The third kappa shape index (κ3) is 3.85. The Morgan fingerprint density at radius 1 is 1.19 bits per heavy atom. The van der Waals surface area contributed by atoms with Crippen molar-refractivity contribution in [2.45, 2.75) is 32.9 Å². The highest BCUT2D eigenvalue weighted by atomic mass is 16.3. The lowest BCUT2D eigenvalue weighted by molar-refractivity contribution is -0.126. The minimum absolute atomic E-state index is 0.0378. The van der Waals surface area contributed by atoms with Crippen molar-refractivity contribution in [2.24, 2.45) is 0 Å². The first-order valence-corrected chi connectivity index (χ1v) is 7.36. The van der Waals surface area contributed by atoms with Gasteiger partial charge in [-0.2, -0.15) is 0 Å². The number of rotatable bonds is 4. The van der Waals surface area contributed by atoms with E-state index in [1.807, 2.05) is 20.8 Å². The van der Waals surface area contributed by atoms with Crippen LogP contribution in [0.3, 0.4) is 0 Å². The summed E-state index contributed by atoms with van der Waals surface area (Å²) in [5.74, 6) is 0.323. The molecule has 0 spiro atoms. The van der Waals surface area contributed by atoms with Crippen LogP contribution in [0.4, 0.5) is 0 Å². The average molecular weight is 293 g/mol. The zero-order valence-corrected chi connectivity index (χ0v) is 12.8. The highest BCUT2D eigenvalue weighted by molar-refractivity contribution is 5.91. The van der Waals surface area contributed by atoms with Gasteiger partial charge in [0.2, 0.25) is 5.91 Å². The number of piperazine rings is 1. The predicted octanol–water partition coefficient (Wildman–Crippen LogP) is 0.950. The minimum atomic E-state index is -0.173. The molecule has 1 aromatic heterocycles. The minimum Gasteiger partial charge on any atom is -0.459 e. The molecule has 0 radical (unpaired) electrons. The summed E-state index contributed by atoms with van der Waals surface area (Å²) < 4.78 is 5.14. The number of nitrogens with zero attached hydrogens (tertiary/aromatic N) is 2. The molecule has 21 heavy (non-hydrogen) atoms. The quantitative estimate of drug-likeness (QED) is 0.897. The average Bonchev–Trinajstić information content (AvgIpc) is 2.99. The van der Waals surface area contributed by atoms with Crippen molar-refractivity contribution >= 4 is 11.8 Å². The summed E-state index contributed by atoms with van der Waals surface area (Å²) in [7, 11) is 0. The van der Waals surface area contributed by atoms with Gasteiger partial charge in [-0.1, -0.05) is 0 Å². The molecule has 1 aliphatic rings. The maximum atomic E-state index is 12.2. The van der Waals surface area contributed by atoms with E-state index in [4.69, 9.17) is 4.42 Å². The molecule has 0 bridgehead atoms. The second-order valence-electron chi connectivity index (χ2n) is 5.64. The van der Waals surface area contributed by atoms with Crippen LogP contribution in [0.15, 0.2) is 22.8 Å². The second kappa shape index (κ2) is 6.76. The van der Waals surface area contributed by atoms with Gasteiger partial charge in [0.15, 0.2) is 5.76 Å². The van der Waals surface area contributed by atoms with Crippen molar-refractivity contribution in [2.75, 3.05) is 26.2 Å². The number of hydrogen-bond donors (Lipinski definition) is 1. The molecule has 116 valence electrons. The van der Waals surface area contributed by atoms with Gasteiger partial charge >= 0.3 is 0 Å². The maximum absolute atomic E-state index is 12.2. The van der Waals surface area contributed by atoms with Crippen LogP contribution >= 0.6 is 0 Å². The molecule has 2 amide bonds. The Balaban J connectivity index is 1.85. The number of nitrogens with one attached hydrogen (secondary N) is 1. The lowest BCUT2D eigenvalue weighted by Crippen LogP contribution is -2.55. The van der Waals surface area contributed by atoms with E-state index in [1.54, 1.807) is 17.0 Å². The number of hydrogen-bond acceptors (Lipinski definition) is 4. The molecular formula is C15H23N3O3. The normalized spacial score (nSPS) is 17.8. The topological polar surface area (TPSA) is 65.8 Å². The zero-order chi connectivity index (χ0) is 15.4. The summed E-state index contributed by atoms with van der Waals surface area (Å²) in [6.45, 7) is 8.41. The van der Waals surface area contributed by atoms with Crippen LogP contribution < -0.4 is 5.32 Å². The summed E-state index contributed by atoms with van der Waals surface area (Å²) in [4.78, 5) is 28.0. The van der Waals surface area contributed by atoms with Crippen LogP contribution in [0.2, 0.25) is 0 Å². The van der Waals surface area contributed by atoms with Crippen LogP contribution in [0.25, 0.3) is 0 Å². The molecular weight excluding hydrogens is 270 g/mol. The van der Waals surface area contributed by atoms with E-state index in [0.29, 0.717) is 31.9 Å². The Morgan fingerprint density at radius 3 is 2.38 bits per heavy atom. The molecule has 1 N–H and O–H groups in total. The summed E-state index contributed by atoms with van der Waals surface area (Å²) in [6.07, 6.45) is 1.50. The predicted molar refractivity (Wildman–Crippen MR) is 78.9 cm³/mol. The van der Waals surface area contributed by atoms with Crippen molar-refractivity contribution in [1.29, 1.82) is 0 Å². The lowest BCUT2D eigenvalue weighted by atomic mass is 10.2. The zero-order valence-electron chi connectivity index (χ0n) is 12.8. The Kier molecular flexibility index (Phi) is 5.01. The molecule has 2 heterocycles. The molecule has 1 atom stereocenters. The van der Waals surface area contributed by atoms with Gasteiger partial charge in [0, 0.05) is 32.2 Å². The molecule has 1 aliphatic heterocycles. The van der Waals surface area contributed by atoms with E-state index in [9.17, 15) is 9.59 Å². The smallest absolute Gasteiger partial charge is 0.289 e. The van der Waals surface area contributed by atoms with Gasteiger partial charge in [-0.15, -0.1) is 0 Å². The van der Waals surface area contributed by atoms with Crippen molar-refractivity contribution in [1.82, 2.24) is 15.1 Å². The van der Waals surface area contributed by atoms with Crippen LogP contribution in [0.5, 0.6) is 0 Å². The second-order valence-corrected chi connectivity index (χ2v) is 5.64. The van der Waals surface area contributed by atoms with Crippen molar-refractivity contribution in [3.8, 4) is 0 Å². The number of carbonyl (C=O) groups is 2. The van der Waals surface area contributed by atoms with Gasteiger partial charge in [-0.05, 0) is 32.9 Å². The summed E-state index contributed by atoms with van der Waals surface area (Å²) in [5, 5.41) is 2.92. The molecule has 0 saturated carbocycles. The van der Waals surface area contributed by atoms with E-state index in [-0.39, 0.29) is 23.9 Å². The number of amides is 2. The van der Waals surface area contributed by atoms with E-state index in [2.05, 4.69) is 10.2 Å². The van der Waals surface area contributed by atoms with Gasteiger partial charge in [0.1, 0.15) is 0 Å². The summed E-state index contributed by atoms with van der Waals surface area (Å²) in [6, 6.07) is 3.35. The van der Waals surface area contributed by atoms with Gasteiger partial charge in [0.25, 0.3) is 5.91 Å². The monoisotopic (exact) mass is 293 g/mol. The van der Waals surface area contributed by atoms with E-state index in [1.165, 1.54) is 6.26 Å². The fourth-order valence-corrected chi connectivity index (χ4v) is 2.44. The van der Waals surface area contributed by atoms with Crippen LogP contribution in [-0.2, 0) is 4.79 Å². The fraction of sp³-hybridized carbons (Fsp3) is 0.600. The summed E-state index contributed by atoms with van der Waals surface area (Å²) >= 11 is 0. The molecule has 6 heteroatoms. The highest BCUT2D eigenvalue weighted by Crippen LogP contribution is 2.11. The van der Waals surface area contributed by atoms with Gasteiger partial charge in [-0.25, -0.2) is 0 Å². The Bertz CT molecular complexity index is 476. The third-order valence-corrected chi connectivity index (χ3v) is 3.69. The Hall–Kier alpha value is -1.82. The molecule has 1 saturated heterocycles. The van der Waals surface area contributed by atoms with Crippen LogP contribution in [0.1, 0.15) is 31.3 Å². The van der Waals surface area contributed by atoms with Gasteiger partial charge in [0.05, 0.1) is 12.3 Å². The molecule has 1 aromatic rings. The van der Waals surface area contributed by atoms with E-state index < -0.39 is 0 Å². The highest BCUT2D eigenvalue weighted by Gasteiger charge is 2.28. The van der Waals surface area contributed by atoms with Crippen molar-refractivity contribution < 1.29 is 14.0 Å². The number of furan rings is 1.